The second-order valence-electron chi connectivity index (χ2n) is 7.37. The van der Waals surface area contributed by atoms with Gasteiger partial charge >= 0.3 is 5.97 Å². The summed E-state index contributed by atoms with van der Waals surface area (Å²) in [5, 5.41) is 5.23. The first-order valence-electron chi connectivity index (χ1n) is 10.6. The number of thiophene rings is 1. The van der Waals surface area contributed by atoms with E-state index < -0.39 is 12.0 Å². The van der Waals surface area contributed by atoms with E-state index in [0.717, 1.165) is 11.1 Å². The number of rotatable bonds is 7. The molecule has 1 atom stereocenters. The minimum Gasteiger partial charge on any atom is -0.462 e. The largest absolute Gasteiger partial charge is 0.462 e. The predicted molar refractivity (Wildman–Crippen MR) is 130 cm³/mol. The lowest BCUT2D eigenvalue weighted by Crippen LogP contribution is -2.33. The SMILES string of the molecule is CCOC(=O)c1cccc(NC(=O)C(CC)n2cnc3scc(-c4ccccc4)c3c2=O)c1. The Morgan fingerprint density at radius 1 is 1.12 bits per heavy atom. The highest BCUT2D eigenvalue weighted by molar-refractivity contribution is 7.17. The number of hydrogen-bond donors (Lipinski definition) is 1. The summed E-state index contributed by atoms with van der Waals surface area (Å²) in [5.41, 5.74) is 2.26. The van der Waals surface area contributed by atoms with Crippen LogP contribution in [-0.4, -0.2) is 28.0 Å². The van der Waals surface area contributed by atoms with Crippen LogP contribution in [0.25, 0.3) is 21.3 Å². The molecule has 4 aromatic rings. The summed E-state index contributed by atoms with van der Waals surface area (Å²) < 4.78 is 6.40. The predicted octanol–water partition coefficient (Wildman–Crippen LogP) is 4.89. The number of amides is 1. The van der Waals surface area contributed by atoms with E-state index >= 15 is 0 Å². The van der Waals surface area contributed by atoms with E-state index in [1.807, 2.05) is 42.6 Å². The Hall–Kier alpha value is -3.78. The van der Waals surface area contributed by atoms with Gasteiger partial charge in [-0.15, -0.1) is 11.3 Å². The molecule has 0 radical (unpaired) electrons. The van der Waals surface area contributed by atoms with Crippen molar-refractivity contribution >= 4 is 39.1 Å². The molecule has 8 heteroatoms. The molecule has 0 spiro atoms. The minimum atomic E-state index is -0.760. The average Bonchev–Trinajstić information content (AvgIpc) is 3.27. The van der Waals surface area contributed by atoms with E-state index in [2.05, 4.69) is 10.3 Å². The summed E-state index contributed by atoms with van der Waals surface area (Å²) in [5.74, 6) is -0.823. The Kier molecular flexibility index (Phi) is 6.65. The van der Waals surface area contributed by atoms with Crippen molar-refractivity contribution in [2.45, 2.75) is 26.3 Å². The average molecular weight is 462 g/mol. The van der Waals surface area contributed by atoms with Crippen molar-refractivity contribution < 1.29 is 14.3 Å². The summed E-state index contributed by atoms with van der Waals surface area (Å²) in [6.45, 7) is 3.83. The fourth-order valence-electron chi connectivity index (χ4n) is 3.67. The number of nitrogens with zero attached hydrogens (tertiary/aromatic N) is 2. The van der Waals surface area contributed by atoms with Crippen LogP contribution in [-0.2, 0) is 9.53 Å². The third-order valence-electron chi connectivity index (χ3n) is 5.27. The lowest BCUT2D eigenvalue weighted by atomic mass is 10.1. The van der Waals surface area contributed by atoms with Crippen molar-refractivity contribution in [1.82, 2.24) is 9.55 Å². The number of carbonyl (C=O) groups is 2. The maximum Gasteiger partial charge on any atom is 0.338 e. The number of benzene rings is 2. The molecule has 1 N–H and O–H groups in total. The molecule has 33 heavy (non-hydrogen) atoms. The Bertz CT molecular complexity index is 1360. The molecule has 0 bridgehead atoms. The highest BCUT2D eigenvalue weighted by atomic mass is 32.1. The lowest BCUT2D eigenvalue weighted by Gasteiger charge is -2.18. The minimum absolute atomic E-state index is 0.262. The van der Waals surface area contributed by atoms with Crippen molar-refractivity contribution in [3.8, 4) is 11.1 Å². The Labute approximate surface area is 194 Å². The van der Waals surface area contributed by atoms with Crippen molar-refractivity contribution in [3.05, 3.63) is 82.2 Å². The maximum atomic E-state index is 13.4. The molecule has 0 fully saturated rings. The third-order valence-corrected chi connectivity index (χ3v) is 6.16. The van der Waals surface area contributed by atoms with Crippen LogP contribution in [0.4, 0.5) is 5.69 Å². The quantitative estimate of drug-likeness (QED) is 0.396. The van der Waals surface area contributed by atoms with E-state index in [-0.39, 0.29) is 18.1 Å². The summed E-state index contributed by atoms with van der Waals surface area (Å²) in [4.78, 5) is 43.6. The normalized spacial score (nSPS) is 11.8. The molecule has 0 aliphatic carbocycles. The molecule has 4 rings (SSSR count). The second-order valence-corrected chi connectivity index (χ2v) is 8.23. The van der Waals surface area contributed by atoms with Gasteiger partial charge in [-0.2, -0.15) is 0 Å². The number of aromatic nitrogens is 2. The van der Waals surface area contributed by atoms with Crippen molar-refractivity contribution in [3.63, 3.8) is 0 Å². The number of ether oxygens (including phenoxy) is 1. The Morgan fingerprint density at radius 3 is 2.64 bits per heavy atom. The molecule has 1 unspecified atom stereocenters. The summed E-state index contributed by atoms with van der Waals surface area (Å²) in [6, 6.07) is 15.4. The summed E-state index contributed by atoms with van der Waals surface area (Å²) in [6.07, 6.45) is 1.82. The molecule has 0 saturated carbocycles. The van der Waals surface area contributed by atoms with Crippen LogP contribution in [0.5, 0.6) is 0 Å². The molecule has 2 aromatic heterocycles. The highest BCUT2D eigenvalue weighted by Crippen LogP contribution is 2.30. The van der Waals surface area contributed by atoms with Gasteiger partial charge in [0.2, 0.25) is 5.91 Å². The first-order valence-corrected chi connectivity index (χ1v) is 11.5. The molecule has 0 saturated heterocycles. The van der Waals surface area contributed by atoms with Gasteiger partial charge in [0, 0.05) is 16.6 Å². The zero-order chi connectivity index (χ0) is 23.4. The van der Waals surface area contributed by atoms with Crippen LogP contribution in [0, 0.1) is 0 Å². The number of anilines is 1. The van der Waals surface area contributed by atoms with Gasteiger partial charge < -0.3 is 10.1 Å². The van der Waals surface area contributed by atoms with Gasteiger partial charge in [0.15, 0.2) is 0 Å². The van der Waals surface area contributed by atoms with Crippen LogP contribution in [0.1, 0.15) is 36.7 Å². The van der Waals surface area contributed by atoms with Crippen LogP contribution in [0.3, 0.4) is 0 Å². The van der Waals surface area contributed by atoms with Crippen LogP contribution < -0.4 is 10.9 Å². The lowest BCUT2D eigenvalue weighted by molar-refractivity contribution is -0.119. The highest BCUT2D eigenvalue weighted by Gasteiger charge is 2.23. The zero-order valence-corrected chi connectivity index (χ0v) is 19.1. The number of fused-ring (bicyclic) bond motifs is 1. The number of nitrogens with one attached hydrogen (secondary N) is 1. The van der Waals surface area contributed by atoms with Gasteiger partial charge in [-0.1, -0.05) is 43.3 Å². The Morgan fingerprint density at radius 2 is 1.91 bits per heavy atom. The molecule has 1 amide bonds. The molecular weight excluding hydrogens is 438 g/mol. The van der Waals surface area contributed by atoms with Gasteiger partial charge in [-0.05, 0) is 37.1 Å². The van der Waals surface area contributed by atoms with Gasteiger partial charge in [0.05, 0.1) is 23.9 Å². The second kappa shape index (κ2) is 9.79. The van der Waals surface area contributed by atoms with E-state index in [4.69, 9.17) is 4.74 Å². The van der Waals surface area contributed by atoms with Crippen LogP contribution >= 0.6 is 11.3 Å². The van der Waals surface area contributed by atoms with Crippen molar-refractivity contribution in [1.29, 1.82) is 0 Å². The standard InChI is InChI=1S/C25H23N3O4S/c1-3-20(22(29)27-18-12-8-11-17(13-18)25(31)32-4-2)28-15-26-23-21(24(28)30)19(14-33-23)16-9-6-5-7-10-16/h5-15,20H,3-4H2,1-2H3,(H,27,29). The topological polar surface area (TPSA) is 90.3 Å². The number of hydrogen-bond acceptors (Lipinski definition) is 6. The third kappa shape index (κ3) is 4.56. The summed E-state index contributed by atoms with van der Waals surface area (Å²) >= 11 is 1.40. The van der Waals surface area contributed by atoms with Gasteiger partial charge in [-0.25, -0.2) is 9.78 Å². The number of carbonyl (C=O) groups excluding carboxylic acids is 2. The molecule has 168 valence electrons. The van der Waals surface area contributed by atoms with Crippen molar-refractivity contribution in [2.75, 3.05) is 11.9 Å². The first kappa shape index (κ1) is 22.4. The van der Waals surface area contributed by atoms with Gasteiger partial charge in [0.25, 0.3) is 5.56 Å². The fourth-order valence-corrected chi connectivity index (χ4v) is 4.58. The molecule has 0 aliphatic heterocycles. The monoisotopic (exact) mass is 461 g/mol. The van der Waals surface area contributed by atoms with Gasteiger partial charge in [0.1, 0.15) is 10.9 Å². The molecule has 2 aromatic carbocycles. The molecule has 7 nitrogen and oxygen atoms in total. The Balaban J connectivity index is 1.66. The molecular formula is C25H23N3O4S. The molecule has 0 aliphatic rings. The fraction of sp³-hybridized carbons (Fsp3) is 0.200. The molecule has 2 heterocycles. The first-order chi connectivity index (χ1) is 16.0. The van der Waals surface area contributed by atoms with Gasteiger partial charge in [-0.3, -0.25) is 14.2 Å². The van der Waals surface area contributed by atoms with Crippen molar-refractivity contribution in [2.24, 2.45) is 0 Å². The van der Waals surface area contributed by atoms with E-state index in [1.165, 1.54) is 22.2 Å². The smallest absolute Gasteiger partial charge is 0.338 e. The van der Waals surface area contributed by atoms with E-state index in [1.54, 1.807) is 31.2 Å². The van der Waals surface area contributed by atoms with E-state index in [9.17, 15) is 14.4 Å². The summed E-state index contributed by atoms with van der Waals surface area (Å²) in [7, 11) is 0. The zero-order valence-electron chi connectivity index (χ0n) is 18.3. The van der Waals surface area contributed by atoms with E-state index in [0.29, 0.717) is 27.9 Å². The van der Waals surface area contributed by atoms with Crippen LogP contribution in [0.2, 0.25) is 0 Å². The maximum absolute atomic E-state index is 13.4. The van der Waals surface area contributed by atoms with Crippen LogP contribution in [0.15, 0.2) is 71.1 Å². The number of esters is 1.